The molecule has 162 valence electrons. The summed E-state index contributed by atoms with van der Waals surface area (Å²) >= 11 is 0. The Bertz CT molecular complexity index is 1110. The van der Waals surface area contributed by atoms with Gasteiger partial charge in [0.15, 0.2) is 9.84 Å². The summed E-state index contributed by atoms with van der Waals surface area (Å²) in [5, 5.41) is 0. The molecule has 4 rings (SSSR count). The largest absolute Gasteiger partial charge is 0.383 e. The standard InChI is InChI=1S/C27H30O3S/c1-19-22-16-17-23(27(19,18-30-5)31(28,29)26(2,3)4)25(22)24(20-12-8-6-9-13-20)21-14-10-7-11-15-21/h6-17,22-23H,1,18H2,2-5H3/t22-,23-,27+/m1/s1. The van der Waals surface area contributed by atoms with Gasteiger partial charge in [-0.05, 0) is 48.6 Å². The SMILES string of the molecule is C=C1[C@H]2C=C[C@H](C2=C(c2ccccc2)c2ccccc2)[C@@]1(COC)S(=O)(=O)C(C)(C)C. The topological polar surface area (TPSA) is 43.4 Å². The Kier molecular flexibility index (Phi) is 5.35. The van der Waals surface area contributed by atoms with E-state index in [1.54, 1.807) is 27.9 Å². The molecule has 2 aliphatic carbocycles. The normalized spacial score (nSPS) is 25.3. The van der Waals surface area contributed by atoms with Crippen molar-refractivity contribution in [3.05, 3.63) is 102 Å². The van der Waals surface area contributed by atoms with E-state index < -0.39 is 19.3 Å². The third-order valence-electron chi connectivity index (χ3n) is 6.65. The number of benzene rings is 2. The second kappa shape index (κ2) is 7.61. The molecule has 0 heterocycles. The van der Waals surface area contributed by atoms with Gasteiger partial charge in [0.1, 0.15) is 4.75 Å². The molecule has 0 unspecified atom stereocenters. The molecule has 1 saturated carbocycles. The molecule has 31 heavy (non-hydrogen) atoms. The Morgan fingerprint density at radius 2 is 1.48 bits per heavy atom. The van der Waals surface area contributed by atoms with Crippen LogP contribution < -0.4 is 0 Å². The lowest BCUT2D eigenvalue weighted by Gasteiger charge is -2.40. The Morgan fingerprint density at radius 3 is 1.94 bits per heavy atom. The van der Waals surface area contributed by atoms with Gasteiger partial charge >= 0.3 is 0 Å². The van der Waals surface area contributed by atoms with Crippen LogP contribution in [0.15, 0.2) is 90.5 Å². The second-order valence-electron chi connectivity index (χ2n) is 9.37. The van der Waals surface area contributed by atoms with E-state index in [4.69, 9.17) is 4.74 Å². The first kappa shape index (κ1) is 21.8. The van der Waals surface area contributed by atoms with Crippen molar-refractivity contribution < 1.29 is 13.2 Å². The molecule has 4 heteroatoms. The van der Waals surface area contributed by atoms with Gasteiger partial charge in [0.25, 0.3) is 0 Å². The zero-order chi connectivity index (χ0) is 22.4. The van der Waals surface area contributed by atoms with E-state index in [0.29, 0.717) is 0 Å². The zero-order valence-corrected chi connectivity index (χ0v) is 19.4. The summed E-state index contributed by atoms with van der Waals surface area (Å²) in [6, 6.07) is 20.4. The number of allylic oxidation sites excluding steroid dienone is 3. The van der Waals surface area contributed by atoms with Crippen LogP contribution in [-0.4, -0.2) is 31.6 Å². The highest BCUT2D eigenvalue weighted by atomic mass is 32.2. The average Bonchev–Trinajstić information content (AvgIpc) is 3.25. The van der Waals surface area contributed by atoms with Gasteiger partial charge in [0.2, 0.25) is 0 Å². The predicted molar refractivity (Wildman–Crippen MR) is 127 cm³/mol. The summed E-state index contributed by atoms with van der Waals surface area (Å²) in [6.45, 7) is 9.75. The molecule has 0 amide bonds. The van der Waals surface area contributed by atoms with Crippen molar-refractivity contribution in [3.8, 4) is 0 Å². The minimum Gasteiger partial charge on any atom is -0.383 e. The molecule has 0 aliphatic heterocycles. The van der Waals surface area contributed by atoms with Crippen molar-refractivity contribution in [1.82, 2.24) is 0 Å². The van der Waals surface area contributed by atoms with Crippen LogP contribution in [0.5, 0.6) is 0 Å². The lowest BCUT2D eigenvalue weighted by molar-refractivity contribution is 0.167. The van der Waals surface area contributed by atoms with Crippen molar-refractivity contribution in [2.45, 2.75) is 30.3 Å². The minimum absolute atomic E-state index is 0.0945. The summed E-state index contributed by atoms with van der Waals surface area (Å²) in [7, 11) is -2.05. The third kappa shape index (κ3) is 3.07. The van der Waals surface area contributed by atoms with Crippen molar-refractivity contribution in [2.24, 2.45) is 11.8 Å². The smallest absolute Gasteiger partial charge is 0.167 e. The van der Waals surface area contributed by atoms with Gasteiger partial charge in [-0.25, -0.2) is 8.42 Å². The van der Waals surface area contributed by atoms with Crippen molar-refractivity contribution in [3.63, 3.8) is 0 Å². The van der Waals surface area contributed by atoms with E-state index in [1.807, 2.05) is 36.4 Å². The molecule has 1 fully saturated rings. The van der Waals surface area contributed by atoms with Gasteiger partial charge in [0, 0.05) is 18.9 Å². The molecule has 2 aliphatic rings. The van der Waals surface area contributed by atoms with Crippen molar-refractivity contribution in [2.75, 3.05) is 13.7 Å². The maximum absolute atomic E-state index is 14.0. The third-order valence-corrected chi connectivity index (χ3v) is 9.85. The number of fused-ring (bicyclic) bond motifs is 2. The minimum atomic E-state index is -3.62. The fourth-order valence-corrected chi connectivity index (χ4v) is 7.56. The van der Waals surface area contributed by atoms with E-state index >= 15 is 0 Å². The molecule has 0 N–H and O–H groups in total. The average molecular weight is 435 g/mol. The fraction of sp³-hybridized carbons (Fsp3) is 0.333. The Morgan fingerprint density at radius 1 is 0.968 bits per heavy atom. The van der Waals surface area contributed by atoms with E-state index in [1.165, 1.54) is 0 Å². The van der Waals surface area contributed by atoms with Crippen LogP contribution in [0, 0.1) is 11.8 Å². The van der Waals surface area contributed by atoms with Gasteiger partial charge in [-0.15, -0.1) is 0 Å². The van der Waals surface area contributed by atoms with E-state index in [2.05, 4.69) is 43.0 Å². The van der Waals surface area contributed by atoms with Crippen LogP contribution >= 0.6 is 0 Å². The highest BCUT2D eigenvalue weighted by Crippen LogP contribution is 2.61. The molecule has 0 radical (unpaired) electrons. The van der Waals surface area contributed by atoms with Crippen molar-refractivity contribution >= 4 is 15.4 Å². The van der Waals surface area contributed by atoms with Gasteiger partial charge in [-0.1, -0.05) is 79.4 Å². The van der Waals surface area contributed by atoms with Gasteiger partial charge in [0.05, 0.1) is 11.4 Å². The quantitative estimate of drug-likeness (QED) is 0.587. The van der Waals surface area contributed by atoms with Crippen LogP contribution in [0.4, 0.5) is 0 Å². The maximum atomic E-state index is 14.0. The number of hydrogen-bond acceptors (Lipinski definition) is 3. The molecule has 2 aromatic rings. The van der Waals surface area contributed by atoms with Gasteiger partial charge in [-0.3, -0.25) is 0 Å². The van der Waals surface area contributed by atoms with Crippen molar-refractivity contribution in [1.29, 1.82) is 0 Å². The predicted octanol–water partition coefficient (Wildman–Crippen LogP) is 5.46. The van der Waals surface area contributed by atoms with Crippen LogP contribution in [0.25, 0.3) is 5.57 Å². The van der Waals surface area contributed by atoms with Gasteiger partial charge < -0.3 is 4.74 Å². The highest BCUT2D eigenvalue weighted by Gasteiger charge is 2.64. The summed E-state index contributed by atoms with van der Waals surface area (Å²) in [6.07, 6.45) is 4.17. The molecule has 2 aromatic carbocycles. The first-order valence-corrected chi connectivity index (χ1v) is 12.1. The Hall–Kier alpha value is -2.43. The number of rotatable bonds is 5. The van der Waals surface area contributed by atoms with Crippen LogP contribution in [-0.2, 0) is 14.6 Å². The summed E-state index contributed by atoms with van der Waals surface area (Å²) in [5.74, 6) is -0.447. The van der Waals surface area contributed by atoms with E-state index in [0.717, 1.165) is 27.8 Å². The molecule has 3 nitrogen and oxygen atoms in total. The molecule has 0 spiro atoms. The first-order chi connectivity index (χ1) is 14.7. The number of hydrogen-bond donors (Lipinski definition) is 0. The number of ether oxygens (including phenoxy) is 1. The van der Waals surface area contributed by atoms with Crippen LogP contribution in [0.2, 0.25) is 0 Å². The van der Waals surface area contributed by atoms with Gasteiger partial charge in [-0.2, -0.15) is 0 Å². The molecular formula is C27H30O3S. The Balaban J connectivity index is 2.05. The molecule has 0 aromatic heterocycles. The monoisotopic (exact) mass is 434 g/mol. The molecule has 2 bridgehead atoms. The summed E-state index contributed by atoms with van der Waals surface area (Å²) < 4.78 is 31.5. The first-order valence-electron chi connectivity index (χ1n) is 10.6. The number of methoxy groups -OCH3 is 1. The second-order valence-corrected chi connectivity index (χ2v) is 12.3. The summed E-state index contributed by atoms with van der Waals surface area (Å²) in [5.41, 5.74) is 5.07. The number of sulfone groups is 1. The lowest BCUT2D eigenvalue weighted by atomic mass is 9.86. The Labute approximate surface area is 186 Å². The van der Waals surface area contributed by atoms with Crippen LogP contribution in [0.3, 0.4) is 0 Å². The van der Waals surface area contributed by atoms with Crippen LogP contribution in [0.1, 0.15) is 31.9 Å². The molecular weight excluding hydrogens is 404 g/mol. The highest BCUT2D eigenvalue weighted by molar-refractivity contribution is 7.94. The summed E-state index contributed by atoms with van der Waals surface area (Å²) in [4.78, 5) is 0. The van der Waals surface area contributed by atoms with E-state index in [-0.39, 0.29) is 18.4 Å². The molecule has 0 saturated heterocycles. The lowest BCUT2D eigenvalue weighted by Crippen LogP contribution is -2.54. The zero-order valence-electron chi connectivity index (χ0n) is 18.6. The maximum Gasteiger partial charge on any atom is 0.167 e. The molecule has 3 atom stereocenters. The fourth-order valence-electron chi connectivity index (χ4n) is 5.18. The van der Waals surface area contributed by atoms with E-state index in [9.17, 15) is 8.42 Å².